The highest BCUT2D eigenvalue weighted by atomic mass is 16.5. The quantitative estimate of drug-likeness (QED) is 0.817. The van der Waals surface area contributed by atoms with E-state index in [0.29, 0.717) is 6.04 Å². The molecule has 2 atom stereocenters. The molecular formula is C19H29NO. The van der Waals surface area contributed by atoms with Crippen molar-refractivity contribution in [1.29, 1.82) is 0 Å². The lowest BCUT2D eigenvalue weighted by molar-refractivity contribution is -0.0647. The summed E-state index contributed by atoms with van der Waals surface area (Å²) in [5.41, 5.74) is 3.22. The van der Waals surface area contributed by atoms with Gasteiger partial charge in [-0.1, -0.05) is 44.0 Å². The Morgan fingerprint density at radius 2 is 2.00 bits per heavy atom. The van der Waals surface area contributed by atoms with Crippen LogP contribution >= 0.6 is 0 Å². The normalized spacial score (nSPS) is 24.4. The highest BCUT2D eigenvalue weighted by Crippen LogP contribution is 2.43. The van der Waals surface area contributed by atoms with Gasteiger partial charge in [-0.15, -0.1) is 0 Å². The maximum Gasteiger partial charge on any atom is 0.0834 e. The third-order valence-electron chi connectivity index (χ3n) is 5.45. The summed E-state index contributed by atoms with van der Waals surface area (Å²) >= 11 is 0. The molecule has 0 aliphatic heterocycles. The molecule has 0 spiro atoms. The zero-order valence-electron chi connectivity index (χ0n) is 13.5. The van der Waals surface area contributed by atoms with E-state index < -0.39 is 0 Å². The monoisotopic (exact) mass is 287 g/mol. The molecule has 2 aliphatic carbocycles. The van der Waals surface area contributed by atoms with Crippen LogP contribution in [0.4, 0.5) is 0 Å². The standard InChI is InChI=1S/C19H29NO/c1-3-20-18(19(21-4-2)11-7-8-12-19)14-16-13-15-9-5-6-10-17(15)16/h5-6,9-10,16,18,20H,3-4,7-8,11-14H2,1-2H3. The van der Waals surface area contributed by atoms with Gasteiger partial charge in [0.2, 0.25) is 0 Å². The first kappa shape index (κ1) is 15.1. The van der Waals surface area contributed by atoms with E-state index in [1.165, 1.54) is 38.5 Å². The molecule has 0 aromatic heterocycles. The fourth-order valence-electron chi connectivity index (χ4n) is 4.44. The highest BCUT2D eigenvalue weighted by Gasteiger charge is 2.43. The van der Waals surface area contributed by atoms with Crippen LogP contribution in [0.3, 0.4) is 0 Å². The molecule has 0 radical (unpaired) electrons. The summed E-state index contributed by atoms with van der Waals surface area (Å²) in [6.07, 6.45) is 7.58. The van der Waals surface area contributed by atoms with Crippen LogP contribution in [0.25, 0.3) is 0 Å². The molecule has 1 N–H and O–H groups in total. The van der Waals surface area contributed by atoms with Crippen LogP contribution in [0, 0.1) is 0 Å². The van der Waals surface area contributed by atoms with Gasteiger partial charge in [0.05, 0.1) is 5.60 Å². The first-order valence-corrected chi connectivity index (χ1v) is 8.74. The first-order chi connectivity index (χ1) is 10.3. The van der Waals surface area contributed by atoms with Gasteiger partial charge in [-0.2, -0.15) is 0 Å². The van der Waals surface area contributed by atoms with Gasteiger partial charge < -0.3 is 10.1 Å². The number of hydrogen-bond donors (Lipinski definition) is 1. The second kappa shape index (κ2) is 6.50. The van der Waals surface area contributed by atoms with Gasteiger partial charge in [0.1, 0.15) is 0 Å². The summed E-state index contributed by atoms with van der Waals surface area (Å²) in [7, 11) is 0. The molecule has 0 amide bonds. The number of likely N-dealkylation sites (N-methyl/N-ethyl adjacent to an activating group) is 1. The van der Waals surface area contributed by atoms with E-state index in [4.69, 9.17) is 4.74 Å². The Hall–Kier alpha value is -0.860. The maximum atomic E-state index is 6.30. The molecular weight excluding hydrogens is 258 g/mol. The minimum Gasteiger partial charge on any atom is -0.374 e. The van der Waals surface area contributed by atoms with Crippen LogP contribution in [0.15, 0.2) is 24.3 Å². The zero-order chi connectivity index (χ0) is 14.7. The Labute approximate surface area is 129 Å². The van der Waals surface area contributed by atoms with Crippen LogP contribution in [-0.4, -0.2) is 24.8 Å². The van der Waals surface area contributed by atoms with Gasteiger partial charge in [-0.3, -0.25) is 0 Å². The largest absolute Gasteiger partial charge is 0.374 e. The average molecular weight is 287 g/mol. The third-order valence-corrected chi connectivity index (χ3v) is 5.45. The molecule has 116 valence electrons. The number of rotatable bonds is 7. The van der Waals surface area contributed by atoms with Gasteiger partial charge in [-0.25, -0.2) is 0 Å². The predicted octanol–water partition coefficient (Wildman–Crippen LogP) is 4.04. The number of hydrogen-bond acceptors (Lipinski definition) is 2. The summed E-state index contributed by atoms with van der Waals surface area (Å²) < 4.78 is 6.30. The molecule has 3 rings (SSSR count). The molecule has 1 aromatic rings. The smallest absolute Gasteiger partial charge is 0.0834 e. The Balaban J connectivity index is 1.73. The third kappa shape index (κ3) is 2.89. The van der Waals surface area contributed by atoms with Crippen molar-refractivity contribution in [3.05, 3.63) is 35.4 Å². The minimum absolute atomic E-state index is 0.0926. The summed E-state index contributed by atoms with van der Waals surface area (Å²) in [5, 5.41) is 3.76. The van der Waals surface area contributed by atoms with Gasteiger partial charge in [-0.05, 0) is 56.2 Å². The molecule has 0 heterocycles. The van der Waals surface area contributed by atoms with Crippen molar-refractivity contribution in [2.24, 2.45) is 0 Å². The molecule has 2 nitrogen and oxygen atoms in total. The van der Waals surface area contributed by atoms with Crippen molar-refractivity contribution in [2.75, 3.05) is 13.2 Å². The fourth-order valence-corrected chi connectivity index (χ4v) is 4.44. The van der Waals surface area contributed by atoms with Gasteiger partial charge >= 0.3 is 0 Å². The zero-order valence-corrected chi connectivity index (χ0v) is 13.5. The Morgan fingerprint density at radius 3 is 2.67 bits per heavy atom. The summed E-state index contributed by atoms with van der Waals surface area (Å²) in [4.78, 5) is 0. The van der Waals surface area contributed by atoms with Gasteiger partial charge in [0.15, 0.2) is 0 Å². The van der Waals surface area contributed by atoms with E-state index in [2.05, 4.69) is 43.4 Å². The number of fused-ring (bicyclic) bond motifs is 1. The van der Waals surface area contributed by atoms with Crippen molar-refractivity contribution in [3.63, 3.8) is 0 Å². The topological polar surface area (TPSA) is 21.3 Å². The summed E-state index contributed by atoms with van der Waals surface area (Å²) in [5.74, 6) is 0.725. The van der Waals surface area contributed by atoms with Crippen molar-refractivity contribution in [1.82, 2.24) is 5.32 Å². The highest BCUT2D eigenvalue weighted by molar-refractivity contribution is 5.40. The molecule has 1 aromatic carbocycles. The minimum atomic E-state index is 0.0926. The first-order valence-electron chi connectivity index (χ1n) is 8.74. The maximum absolute atomic E-state index is 6.30. The van der Waals surface area contributed by atoms with E-state index in [9.17, 15) is 0 Å². The van der Waals surface area contributed by atoms with E-state index in [1.54, 1.807) is 11.1 Å². The molecule has 0 saturated heterocycles. The number of nitrogens with one attached hydrogen (secondary N) is 1. The van der Waals surface area contributed by atoms with Crippen LogP contribution in [0.5, 0.6) is 0 Å². The second-order valence-electron chi connectivity index (χ2n) is 6.65. The molecule has 1 fully saturated rings. The van der Waals surface area contributed by atoms with Crippen LogP contribution in [0.2, 0.25) is 0 Å². The molecule has 21 heavy (non-hydrogen) atoms. The second-order valence-corrected chi connectivity index (χ2v) is 6.65. The predicted molar refractivity (Wildman–Crippen MR) is 87.8 cm³/mol. The lowest BCUT2D eigenvalue weighted by atomic mass is 9.72. The molecule has 2 unspecified atom stereocenters. The fraction of sp³-hybridized carbons (Fsp3) is 0.684. The van der Waals surface area contributed by atoms with Crippen LogP contribution in [-0.2, 0) is 11.2 Å². The van der Waals surface area contributed by atoms with Crippen LogP contribution < -0.4 is 5.32 Å². The van der Waals surface area contributed by atoms with Gasteiger partial charge in [0, 0.05) is 12.6 Å². The number of ether oxygens (including phenoxy) is 1. The Bertz CT molecular complexity index is 464. The van der Waals surface area contributed by atoms with E-state index in [-0.39, 0.29) is 5.60 Å². The van der Waals surface area contributed by atoms with Gasteiger partial charge in [0.25, 0.3) is 0 Å². The molecule has 0 bridgehead atoms. The Morgan fingerprint density at radius 1 is 1.24 bits per heavy atom. The number of benzene rings is 1. The molecule has 1 saturated carbocycles. The van der Waals surface area contributed by atoms with Crippen molar-refractivity contribution >= 4 is 0 Å². The van der Waals surface area contributed by atoms with Crippen molar-refractivity contribution in [2.45, 2.75) is 69.9 Å². The van der Waals surface area contributed by atoms with E-state index >= 15 is 0 Å². The lowest BCUT2D eigenvalue weighted by Gasteiger charge is -2.42. The summed E-state index contributed by atoms with van der Waals surface area (Å²) in [6.45, 7) is 6.23. The average Bonchev–Trinajstić information content (AvgIpc) is 2.93. The van der Waals surface area contributed by atoms with E-state index in [0.717, 1.165) is 19.1 Å². The molecule has 2 heteroatoms. The van der Waals surface area contributed by atoms with Crippen molar-refractivity contribution in [3.8, 4) is 0 Å². The van der Waals surface area contributed by atoms with E-state index in [1.807, 2.05) is 0 Å². The molecule has 2 aliphatic rings. The van der Waals surface area contributed by atoms with Crippen molar-refractivity contribution < 1.29 is 4.74 Å². The Kier molecular flexibility index (Phi) is 4.66. The summed E-state index contributed by atoms with van der Waals surface area (Å²) in [6, 6.07) is 9.44. The SMILES string of the molecule is CCNC(CC1Cc2ccccc21)C1(OCC)CCCC1. The van der Waals surface area contributed by atoms with Crippen LogP contribution in [0.1, 0.15) is 63.0 Å². The lowest BCUT2D eigenvalue weighted by Crippen LogP contribution is -2.52.